The molecule has 0 radical (unpaired) electrons. The number of Topliss-reactive ketones (excluding diaryl/α,β-unsaturated/α-hetero) is 1. The largest absolute Gasteiger partial charge is 0.479 e. The Hall–Kier alpha value is -1.61. The van der Waals surface area contributed by atoms with Crippen molar-refractivity contribution in [1.29, 1.82) is 0 Å². The summed E-state index contributed by atoms with van der Waals surface area (Å²) < 4.78 is 0. The Morgan fingerprint density at radius 1 is 1.18 bits per heavy atom. The van der Waals surface area contributed by atoms with Gasteiger partial charge < -0.3 is 20.8 Å². The van der Waals surface area contributed by atoms with Gasteiger partial charge in [-0.2, -0.15) is 12.6 Å². The van der Waals surface area contributed by atoms with Gasteiger partial charge in [-0.3, -0.25) is 14.4 Å². The van der Waals surface area contributed by atoms with Crippen LogP contribution in [0.25, 0.3) is 0 Å². The summed E-state index contributed by atoms with van der Waals surface area (Å²) >= 11 is 3.91. The average molecular weight is 336 g/mol. The van der Waals surface area contributed by atoms with Crippen molar-refractivity contribution >= 4 is 36.2 Å². The molecule has 0 bridgehead atoms. The lowest BCUT2D eigenvalue weighted by molar-refractivity contribution is -0.147. The Kier molecular flexibility index (Phi) is 13.5. The number of rotatable bonds is 9. The molecule has 4 N–H and O–H groups in total. The smallest absolute Gasteiger partial charge is 0.332 e. The molecular weight excluding hydrogens is 312 g/mol. The molecule has 0 fully saturated rings. The molecular formula is C13H24N2O6S. The molecule has 128 valence electrons. The third kappa shape index (κ3) is 11.1. The summed E-state index contributed by atoms with van der Waals surface area (Å²) in [5.74, 6) is -2.75. The lowest BCUT2D eigenvalue weighted by Gasteiger charge is -2.16. The number of carbonyl (C=O) groups excluding carboxylic acids is 3. The Bertz CT molecular complexity index is 389. The number of hydrogen-bond acceptors (Lipinski definition) is 6. The standard InChI is InChI=1S/C11H18N2O6S.C2H6/c1-6(14)4-12-10(17)7(5-20)13-9(16)3-2-8(15)11(18)19;1-2/h7-8,15,20H,2-5H2,1H3,(H,12,17)(H,13,16)(H,18,19);1-2H3. The first-order valence-corrected chi connectivity index (χ1v) is 7.49. The minimum atomic E-state index is -1.62. The molecule has 2 amide bonds. The molecule has 0 rings (SSSR count). The van der Waals surface area contributed by atoms with Gasteiger partial charge in [0, 0.05) is 12.2 Å². The molecule has 0 spiro atoms. The molecule has 0 aromatic carbocycles. The van der Waals surface area contributed by atoms with Gasteiger partial charge in [-0.05, 0) is 13.3 Å². The van der Waals surface area contributed by atoms with Crippen molar-refractivity contribution in [3.63, 3.8) is 0 Å². The van der Waals surface area contributed by atoms with Gasteiger partial charge >= 0.3 is 5.97 Å². The summed E-state index contributed by atoms with van der Waals surface area (Å²) in [4.78, 5) is 44.2. The van der Waals surface area contributed by atoms with Gasteiger partial charge in [-0.1, -0.05) is 13.8 Å². The molecule has 0 aromatic heterocycles. The SMILES string of the molecule is CC.CC(=O)CNC(=O)C(CS)NC(=O)CCC(O)C(=O)O. The highest BCUT2D eigenvalue weighted by Crippen LogP contribution is 1.98. The van der Waals surface area contributed by atoms with Gasteiger partial charge in [0.05, 0.1) is 6.54 Å². The number of carboxylic acid groups (broad SMARTS) is 1. The van der Waals surface area contributed by atoms with E-state index in [0.717, 1.165) is 0 Å². The van der Waals surface area contributed by atoms with Gasteiger partial charge in [-0.25, -0.2) is 4.79 Å². The molecule has 0 saturated carbocycles. The molecule has 0 aliphatic heterocycles. The molecule has 2 atom stereocenters. The van der Waals surface area contributed by atoms with Crippen LogP contribution in [0.15, 0.2) is 0 Å². The zero-order valence-electron chi connectivity index (χ0n) is 13.0. The fourth-order valence-electron chi connectivity index (χ4n) is 1.19. The zero-order chi connectivity index (χ0) is 17.7. The van der Waals surface area contributed by atoms with Crippen molar-refractivity contribution in [2.24, 2.45) is 0 Å². The van der Waals surface area contributed by atoms with Gasteiger partial charge in [0.1, 0.15) is 11.8 Å². The minimum absolute atomic E-state index is 0.0248. The molecule has 2 unspecified atom stereocenters. The molecule has 8 nitrogen and oxygen atoms in total. The Morgan fingerprint density at radius 2 is 1.73 bits per heavy atom. The monoisotopic (exact) mass is 336 g/mol. The van der Waals surface area contributed by atoms with Crippen molar-refractivity contribution < 1.29 is 29.4 Å². The topological polar surface area (TPSA) is 133 Å². The number of aliphatic carboxylic acids is 1. The van der Waals surface area contributed by atoms with E-state index in [1.54, 1.807) is 0 Å². The van der Waals surface area contributed by atoms with E-state index in [0.29, 0.717) is 0 Å². The highest BCUT2D eigenvalue weighted by Gasteiger charge is 2.21. The van der Waals surface area contributed by atoms with Crippen LogP contribution in [-0.4, -0.2) is 58.2 Å². The van der Waals surface area contributed by atoms with Crippen LogP contribution < -0.4 is 10.6 Å². The maximum absolute atomic E-state index is 11.6. The van der Waals surface area contributed by atoms with E-state index in [1.165, 1.54) is 6.92 Å². The summed E-state index contributed by atoms with van der Waals surface area (Å²) in [7, 11) is 0. The molecule has 0 aliphatic carbocycles. The first kappa shape index (κ1) is 22.7. The number of aliphatic hydroxyl groups is 1. The fraction of sp³-hybridized carbons (Fsp3) is 0.692. The lowest BCUT2D eigenvalue weighted by atomic mass is 10.2. The van der Waals surface area contributed by atoms with Gasteiger partial charge in [-0.15, -0.1) is 0 Å². The van der Waals surface area contributed by atoms with Crippen LogP contribution in [0, 0.1) is 0 Å². The van der Waals surface area contributed by atoms with Crippen molar-refractivity contribution in [1.82, 2.24) is 10.6 Å². The highest BCUT2D eigenvalue weighted by atomic mass is 32.1. The van der Waals surface area contributed by atoms with E-state index in [9.17, 15) is 19.2 Å². The quantitative estimate of drug-likeness (QED) is 0.356. The van der Waals surface area contributed by atoms with Gasteiger partial charge in [0.25, 0.3) is 0 Å². The molecule has 9 heteroatoms. The summed E-state index contributed by atoms with van der Waals surface area (Å²) in [5.41, 5.74) is 0. The second kappa shape index (κ2) is 13.1. The van der Waals surface area contributed by atoms with Gasteiger partial charge in [0.2, 0.25) is 11.8 Å². The third-order valence-corrected chi connectivity index (χ3v) is 2.64. The van der Waals surface area contributed by atoms with Crippen LogP contribution in [-0.2, 0) is 19.2 Å². The van der Waals surface area contributed by atoms with E-state index < -0.39 is 29.9 Å². The first-order chi connectivity index (χ1) is 10.3. The number of thiol groups is 1. The lowest BCUT2D eigenvalue weighted by Crippen LogP contribution is -2.49. The zero-order valence-corrected chi connectivity index (χ0v) is 13.9. The summed E-state index contributed by atoms with van der Waals surface area (Å²) in [6.45, 7) is 5.17. The second-order valence-electron chi connectivity index (χ2n) is 4.12. The number of hydrogen-bond donors (Lipinski definition) is 5. The fourth-order valence-corrected chi connectivity index (χ4v) is 1.44. The molecule has 22 heavy (non-hydrogen) atoms. The number of aliphatic hydroxyl groups excluding tert-OH is 1. The number of nitrogens with one attached hydrogen (secondary N) is 2. The average Bonchev–Trinajstić information content (AvgIpc) is 2.49. The predicted molar refractivity (Wildman–Crippen MR) is 83.7 cm³/mol. The van der Waals surface area contributed by atoms with Crippen molar-refractivity contribution in [2.45, 2.75) is 45.8 Å². The minimum Gasteiger partial charge on any atom is -0.479 e. The first-order valence-electron chi connectivity index (χ1n) is 6.86. The van der Waals surface area contributed by atoms with E-state index in [2.05, 4.69) is 23.3 Å². The van der Waals surface area contributed by atoms with Crippen LogP contribution in [0.4, 0.5) is 0 Å². The van der Waals surface area contributed by atoms with Crippen LogP contribution in [0.1, 0.15) is 33.6 Å². The van der Waals surface area contributed by atoms with Crippen LogP contribution in [0.2, 0.25) is 0 Å². The third-order valence-electron chi connectivity index (χ3n) is 2.28. The summed E-state index contributed by atoms with van der Waals surface area (Å²) in [5, 5.41) is 22.1. The van der Waals surface area contributed by atoms with E-state index in [1.807, 2.05) is 13.8 Å². The van der Waals surface area contributed by atoms with Crippen molar-refractivity contribution in [2.75, 3.05) is 12.3 Å². The van der Waals surface area contributed by atoms with E-state index >= 15 is 0 Å². The van der Waals surface area contributed by atoms with Crippen LogP contribution in [0.5, 0.6) is 0 Å². The molecule has 0 aromatic rings. The maximum atomic E-state index is 11.6. The molecule has 0 heterocycles. The normalized spacial score (nSPS) is 12.2. The summed E-state index contributed by atoms with van der Waals surface area (Å²) in [6.07, 6.45) is -2.12. The summed E-state index contributed by atoms with van der Waals surface area (Å²) in [6, 6.07) is -0.924. The van der Waals surface area contributed by atoms with Gasteiger partial charge in [0.15, 0.2) is 6.10 Å². The van der Waals surface area contributed by atoms with E-state index in [4.69, 9.17) is 10.2 Å². The van der Waals surface area contributed by atoms with Crippen molar-refractivity contribution in [3.8, 4) is 0 Å². The predicted octanol–water partition coefficient (Wildman–Crippen LogP) is -0.642. The highest BCUT2D eigenvalue weighted by molar-refractivity contribution is 7.80. The number of carboxylic acids is 1. The number of amides is 2. The van der Waals surface area contributed by atoms with Crippen LogP contribution in [0.3, 0.4) is 0 Å². The Balaban J connectivity index is 0. The Morgan fingerprint density at radius 3 is 2.14 bits per heavy atom. The Labute approximate surface area is 135 Å². The molecule has 0 saturated heterocycles. The van der Waals surface area contributed by atoms with E-state index in [-0.39, 0.29) is 30.9 Å². The van der Waals surface area contributed by atoms with Crippen LogP contribution >= 0.6 is 12.6 Å². The van der Waals surface area contributed by atoms with Crippen molar-refractivity contribution in [3.05, 3.63) is 0 Å². The maximum Gasteiger partial charge on any atom is 0.332 e. The molecule has 0 aliphatic rings. The second-order valence-corrected chi connectivity index (χ2v) is 4.48. The number of ketones is 1. The number of carbonyl (C=O) groups is 4.